The van der Waals surface area contributed by atoms with Crippen molar-refractivity contribution in [2.24, 2.45) is 11.8 Å². The molecule has 5 heteroatoms. The molecular formula is C14H18NO4-. The third-order valence-electron chi connectivity index (χ3n) is 3.86. The van der Waals surface area contributed by atoms with Crippen molar-refractivity contribution >= 4 is 17.8 Å². The monoisotopic (exact) mass is 264 g/mol. The van der Waals surface area contributed by atoms with Gasteiger partial charge in [0.15, 0.2) is 0 Å². The molecule has 1 aliphatic heterocycles. The molecule has 0 unspecified atom stereocenters. The number of unbranched alkanes of at least 4 members (excludes halogenated alkanes) is 2. The molecular weight excluding hydrogens is 246 g/mol. The largest absolute Gasteiger partial charge is 0.550 e. The summed E-state index contributed by atoms with van der Waals surface area (Å²) in [6.07, 6.45) is 7.19. The fourth-order valence-corrected chi connectivity index (χ4v) is 2.81. The van der Waals surface area contributed by atoms with Crippen LogP contribution in [0, 0.1) is 11.8 Å². The summed E-state index contributed by atoms with van der Waals surface area (Å²) >= 11 is 0. The summed E-state index contributed by atoms with van der Waals surface area (Å²) in [5.74, 6) is -1.50. The van der Waals surface area contributed by atoms with Crippen LogP contribution in [0.3, 0.4) is 0 Å². The summed E-state index contributed by atoms with van der Waals surface area (Å²) in [5.41, 5.74) is 0. The number of carbonyl (C=O) groups is 3. The third kappa shape index (κ3) is 3.03. The molecule has 104 valence electrons. The summed E-state index contributed by atoms with van der Waals surface area (Å²) in [7, 11) is 0. The number of carboxylic acid groups (broad SMARTS) is 1. The van der Waals surface area contributed by atoms with E-state index in [9.17, 15) is 19.5 Å². The number of hydrogen-bond acceptors (Lipinski definition) is 4. The molecule has 2 atom stereocenters. The van der Waals surface area contributed by atoms with Gasteiger partial charge in [-0.3, -0.25) is 14.5 Å². The predicted octanol–water partition coefficient (Wildman–Crippen LogP) is 0.248. The minimum atomic E-state index is -1.05. The zero-order valence-electron chi connectivity index (χ0n) is 10.8. The summed E-state index contributed by atoms with van der Waals surface area (Å²) in [5, 5.41) is 10.3. The lowest BCUT2D eigenvalue weighted by Crippen LogP contribution is -2.32. The minimum Gasteiger partial charge on any atom is -0.550 e. The summed E-state index contributed by atoms with van der Waals surface area (Å²) in [4.78, 5) is 35.8. The molecule has 0 aromatic carbocycles. The Kier molecular flexibility index (Phi) is 4.35. The van der Waals surface area contributed by atoms with E-state index in [1.807, 2.05) is 12.2 Å². The zero-order valence-corrected chi connectivity index (χ0v) is 10.8. The number of hydrogen-bond donors (Lipinski definition) is 0. The number of likely N-dealkylation sites (tertiary alicyclic amines) is 1. The van der Waals surface area contributed by atoms with Gasteiger partial charge in [0.2, 0.25) is 11.8 Å². The van der Waals surface area contributed by atoms with Crippen LogP contribution in [0.2, 0.25) is 0 Å². The van der Waals surface area contributed by atoms with Crippen LogP contribution in [0.4, 0.5) is 0 Å². The molecule has 1 heterocycles. The molecule has 5 nitrogen and oxygen atoms in total. The van der Waals surface area contributed by atoms with Crippen LogP contribution in [-0.2, 0) is 14.4 Å². The van der Waals surface area contributed by atoms with Gasteiger partial charge in [-0.2, -0.15) is 0 Å². The Morgan fingerprint density at radius 3 is 2.21 bits per heavy atom. The highest BCUT2D eigenvalue weighted by Gasteiger charge is 2.46. The summed E-state index contributed by atoms with van der Waals surface area (Å²) in [6, 6.07) is 0. The van der Waals surface area contributed by atoms with Crippen molar-refractivity contribution in [2.45, 2.75) is 38.5 Å². The van der Waals surface area contributed by atoms with Crippen molar-refractivity contribution in [1.29, 1.82) is 0 Å². The van der Waals surface area contributed by atoms with Crippen LogP contribution in [0.25, 0.3) is 0 Å². The maximum Gasteiger partial charge on any atom is 0.233 e. The van der Waals surface area contributed by atoms with Gasteiger partial charge >= 0.3 is 0 Å². The fraction of sp³-hybridized carbons (Fsp3) is 0.643. The van der Waals surface area contributed by atoms with E-state index in [0.717, 1.165) is 0 Å². The standard InChI is InChI=1S/C14H19NO4/c16-12(17)8-2-1-5-9-15-13(18)10-6-3-4-7-11(10)14(15)19/h3-4,10-11H,1-2,5-9H2,(H,16,17)/p-1/t10-,11-/m0/s1. The molecule has 1 fully saturated rings. The second-order valence-corrected chi connectivity index (χ2v) is 5.17. The summed E-state index contributed by atoms with van der Waals surface area (Å²) < 4.78 is 0. The number of aliphatic carboxylic acids is 1. The normalized spacial score (nSPS) is 25.8. The van der Waals surface area contributed by atoms with E-state index in [2.05, 4.69) is 0 Å². The number of carboxylic acids is 1. The van der Waals surface area contributed by atoms with Crippen molar-refractivity contribution in [3.8, 4) is 0 Å². The van der Waals surface area contributed by atoms with Gasteiger partial charge in [-0.05, 0) is 32.1 Å². The molecule has 19 heavy (non-hydrogen) atoms. The molecule has 0 N–H and O–H groups in total. The summed E-state index contributed by atoms with van der Waals surface area (Å²) in [6.45, 7) is 0.414. The maximum atomic E-state index is 12.1. The molecule has 0 saturated carbocycles. The van der Waals surface area contributed by atoms with Crippen molar-refractivity contribution in [3.63, 3.8) is 0 Å². The van der Waals surface area contributed by atoms with Crippen molar-refractivity contribution in [3.05, 3.63) is 12.2 Å². The Labute approximate surface area is 112 Å². The first-order valence-electron chi connectivity index (χ1n) is 6.81. The zero-order chi connectivity index (χ0) is 13.8. The molecule has 0 radical (unpaired) electrons. The number of amides is 2. The number of imide groups is 1. The Hall–Kier alpha value is -1.65. The van der Waals surface area contributed by atoms with Crippen molar-refractivity contribution in [2.75, 3.05) is 6.54 Å². The van der Waals surface area contributed by atoms with Gasteiger partial charge in [0.25, 0.3) is 0 Å². The van der Waals surface area contributed by atoms with Crippen LogP contribution in [0.1, 0.15) is 38.5 Å². The Morgan fingerprint density at radius 1 is 1.11 bits per heavy atom. The smallest absolute Gasteiger partial charge is 0.233 e. The van der Waals surface area contributed by atoms with Gasteiger partial charge in [-0.15, -0.1) is 0 Å². The average molecular weight is 264 g/mol. The molecule has 2 aliphatic rings. The van der Waals surface area contributed by atoms with Crippen molar-refractivity contribution in [1.82, 2.24) is 4.90 Å². The van der Waals surface area contributed by atoms with Gasteiger partial charge in [0.05, 0.1) is 11.8 Å². The second kappa shape index (κ2) is 5.99. The Balaban J connectivity index is 1.80. The minimum absolute atomic E-state index is 0.0388. The maximum absolute atomic E-state index is 12.1. The predicted molar refractivity (Wildman–Crippen MR) is 65.5 cm³/mol. The number of carbonyl (C=O) groups excluding carboxylic acids is 3. The Bertz CT molecular complexity index is 390. The number of allylic oxidation sites excluding steroid dienone is 2. The molecule has 0 aromatic rings. The van der Waals surface area contributed by atoms with Crippen LogP contribution < -0.4 is 5.11 Å². The number of fused-ring (bicyclic) bond motifs is 1. The highest BCUT2D eigenvalue weighted by atomic mass is 16.4. The first-order chi connectivity index (χ1) is 9.11. The molecule has 0 spiro atoms. The van der Waals surface area contributed by atoms with Crippen molar-refractivity contribution < 1.29 is 19.5 Å². The fourth-order valence-electron chi connectivity index (χ4n) is 2.81. The second-order valence-electron chi connectivity index (χ2n) is 5.17. The van der Waals surface area contributed by atoms with E-state index in [4.69, 9.17) is 0 Å². The van der Waals surface area contributed by atoms with Gasteiger partial charge in [-0.1, -0.05) is 18.6 Å². The molecule has 1 aliphatic carbocycles. The van der Waals surface area contributed by atoms with Gasteiger partial charge in [0.1, 0.15) is 0 Å². The van der Waals surface area contributed by atoms with E-state index in [0.29, 0.717) is 38.6 Å². The van der Waals surface area contributed by atoms with Gasteiger partial charge in [0, 0.05) is 12.5 Å². The number of nitrogens with zero attached hydrogens (tertiary/aromatic N) is 1. The molecule has 1 saturated heterocycles. The molecule has 0 aromatic heterocycles. The van der Waals surface area contributed by atoms with Crippen LogP contribution in [-0.4, -0.2) is 29.2 Å². The lowest BCUT2D eigenvalue weighted by atomic mass is 9.85. The highest BCUT2D eigenvalue weighted by molar-refractivity contribution is 6.05. The quantitative estimate of drug-likeness (QED) is 0.391. The Morgan fingerprint density at radius 2 is 1.68 bits per heavy atom. The third-order valence-corrected chi connectivity index (χ3v) is 3.86. The van der Waals surface area contributed by atoms with Gasteiger partial charge < -0.3 is 9.90 Å². The van der Waals surface area contributed by atoms with E-state index in [1.54, 1.807) is 0 Å². The topological polar surface area (TPSA) is 77.5 Å². The number of rotatable bonds is 6. The van der Waals surface area contributed by atoms with E-state index >= 15 is 0 Å². The molecule has 2 rings (SSSR count). The van der Waals surface area contributed by atoms with E-state index < -0.39 is 5.97 Å². The average Bonchev–Trinajstić information content (AvgIpc) is 2.63. The van der Waals surface area contributed by atoms with Crippen LogP contribution in [0.5, 0.6) is 0 Å². The lowest BCUT2D eigenvalue weighted by Gasteiger charge is -2.14. The first-order valence-corrected chi connectivity index (χ1v) is 6.81. The SMILES string of the molecule is O=C([O-])CCCCCN1C(=O)[C@H]2CC=CC[C@@H]2C1=O. The highest BCUT2D eigenvalue weighted by Crippen LogP contribution is 2.35. The molecule has 0 bridgehead atoms. The van der Waals surface area contributed by atoms with Gasteiger partial charge in [-0.25, -0.2) is 0 Å². The first kappa shape index (κ1) is 13.8. The van der Waals surface area contributed by atoms with Crippen LogP contribution >= 0.6 is 0 Å². The van der Waals surface area contributed by atoms with Crippen LogP contribution in [0.15, 0.2) is 12.2 Å². The molecule has 2 amide bonds. The van der Waals surface area contributed by atoms with E-state index in [1.165, 1.54) is 4.90 Å². The van der Waals surface area contributed by atoms with E-state index in [-0.39, 0.29) is 30.1 Å². The lowest BCUT2D eigenvalue weighted by molar-refractivity contribution is -0.305.